The Morgan fingerprint density at radius 1 is 1.59 bits per heavy atom. The van der Waals surface area contributed by atoms with Crippen LogP contribution in [0, 0.1) is 18.3 Å². The Balaban J connectivity index is 2.61. The second-order valence-corrected chi connectivity index (χ2v) is 3.78. The molecule has 17 heavy (non-hydrogen) atoms. The van der Waals surface area contributed by atoms with Crippen LogP contribution in [-0.2, 0) is 6.54 Å². The summed E-state index contributed by atoms with van der Waals surface area (Å²) in [6.45, 7) is 6.39. The standard InChI is InChI=1S/C14H13N3/c1-3-7-17-11(2)13(9-15)8-14(17)12-5-4-6-16-10-12/h3-6,8,10H,1,7H2,2H3. The van der Waals surface area contributed by atoms with Crippen molar-refractivity contribution in [2.45, 2.75) is 13.5 Å². The summed E-state index contributed by atoms with van der Waals surface area (Å²) in [5.74, 6) is 0. The van der Waals surface area contributed by atoms with Gasteiger partial charge in [-0.1, -0.05) is 6.08 Å². The van der Waals surface area contributed by atoms with Crippen LogP contribution in [0.5, 0.6) is 0 Å². The molecule has 0 aromatic carbocycles. The zero-order valence-electron chi connectivity index (χ0n) is 9.72. The SMILES string of the molecule is C=CCn1c(-c2cccnc2)cc(C#N)c1C. The summed E-state index contributed by atoms with van der Waals surface area (Å²) in [7, 11) is 0. The van der Waals surface area contributed by atoms with Gasteiger partial charge in [0.2, 0.25) is 0 Å². The molecule has 3 heteroatoms. The van der Waals surface area contributed by atoms with Gasteiger partial charge in [-0.05, 0) is 25.1 Å². The summed E-state index contributed by atoms with van der Waals surface area (Å²) in [4.78, 5) is 4.10. The van der Waals surface area contributed by atoms with Crippen LogP contribution in [0.3, 0.4) is 0 Å². The average Bonchev–Trinajstić information content (AvgIpc) is 2.69. The van der Waals surface area contributed by atoms with Crippen molar-refractivity contribution in [1.29, 1.82) is 5.26 Å². The van der Waals surface area contributed by atoms with Crippen LogP contribution in [-0.4, -0.2) is 9.55 Å². The number of aromatic nitrogens is 2. The van der Waals surface area contributed by atoms with E-state index < -0.39 is 0 Å². The molecule has 3 nitrogen and oxygen atoms in total. The van der Waals surface area contributed by atoms with Crippen LogP contribution in [0.4, 0.5) is 0 Å². The first kappa shape index (κ1) is 11.2. The van der Waals surface area contributed by atoms with Gasteiger partial charge in [0.25, 0.3) is 0 Å². The molecule has 0 bridgehead atoms. The van der Waals surface area contributed by atoms with Crippen LogP contribution < -0.4 is 0 Å². The van der Waals surface area contributed by atoms with Gasteiger partial charge >= 0.3 is 0 Å². The lowest BCUT2D eigenvalue weighted by atomic mass is 10.2. The monoisotopic (exact) mass is 223 g/mol. The van der Waals surface area contributed by atoms with Gasteiger partial charge in [0.05, 0.1) is 11.3 Å². The van der Waals surface area contributed by atoms with Gasteiger partial charge in [-0.2, -0.15) is 5.26 Å². The summed E-state index contributed by atoms with van der Waals surface area (Å²) in [5.41, 5.74) is 3.68. The molecule has 0 amide bonds. The third-order valence-electron chi connectivity index (χ3n) is 2.76. The molecule has 0 atom stereocenters. The molecule has 0 radical (unpaired) electrons. The van der Waals surface area contributed by atoms with E-state index in [2.05, 4.69) is 22.2 Å². The summed E-state index contributed by atoms with van der Waals surface area (Å²) < 4.78 is 2.07. The van der Waals surface area contributed by atoms with E-state index >= 15 is 0 Å². The fraction of sp³-hybridized carbons (Fsp3) is 0.143. The Morgan fingerprint density at radius 3 is 3.00 bits per heavy atom. The zero-order chi connectivity index (χ0) is 12.3. The van der Waals surface area contributed by atoms with Crippen LogP contribution in [0.15, 0.2) is 43.2 Å². The van der Waals surface area contributed by atoms with Crippen molar-refractivity contribution in [3.8, 4) is 17.3 Å². The maximum atomic E-state index is 9.07. The molecule has 0 saturated heterocycles. The van der Waals surface area contributed by atoms with Crippen molar-refractivity contribution in [3.63, 3.8) is 0 Å². The first-order valence-corrected chi connectivity index (χ1v) is 5.39. The Hall–Kier alpha value is -2.34. The van der Waals surface area contributed by atoms with E-state index in [1.807, 2.05) is 31.2 Å². The highest BCUT2D eigenvalue weighted by molar-refractivity contribution is 5.63. The molecule has 2 aromatic heterocycles. The van der Waals surface area contributed by atoms with E-state index in [1.54, 1.807) is 12.4 Å². The van der Waals surface area contributed by atoms with Crippen molar-refractivity contribution in [2.75, 3.05) is 0 Å². The lowest BCUT2D eigenvalue weighted by Gasteiger charge is -2.08. The Labute approximate surface area is 101 Å². The lowest BCUT2D eigenvalue weighted by Crippen LogP contribution is -2.00. The van der Waals surface area contributed by atoms with Crippen LogP contribution in [0.25, 0.3) is 11.3 Å². The van der Waals surface area contributed by atoms with E-state index in [0.29, 0.717) is 12.1 Å². The second-order valence-electron chi connectivity index (χ2n) is 3.78. The first-order valence-electron chi connectivity index (χ1n) is 5.39. The van der Waals surface area contributed by atoms with E-state index in [4.69, 9.17) is 5.26 Å². The van der Waals surface area contributed by atoms with E-state index in [9.17, 15) is 0 Å². The van der Waals surface area contributed by atoms with Gasteiger partial charge in [0.1, 0.15) is 6.07 Å². The first-order chi connectivity index (χ1) is 8.27. The maximum Gasteiger partial charge on any atom is 0.101 e. The molecule has 2 aromatic rings. The molecule has 0 aliphatic heterocycles. The molecular formula is C14H13N3. The fourth-order valence-electron chi connectivity index (χ4n) is 1.88. The van der Waals surface area contributed by atoms with Crippen molar-refractivity contribution >= 4 is 0 Å². The minimum absolute atomic E-state index is 0.692. The van der Waals surface area contributed by atoms with Gasteiger partial charge in [0, 0.05) is 30.2 Å². The molecule has 0 aliphatic carbocycles. The molecular weight excluding hydrogens is 210 g/mol. The van der Waals surface area contributed by atoms with Gasteiger partial charge in [0.15, 0.2) is 0 Å². The molecule has 0 aliphatic rings. The fourth-order valence-corrected chi connectivity index (χ4v) is 1.88. The molecule has 84 valence electrons. The Morgan fingerprint density at radius 2 is 2.41 bits per heavy atom. The van der Waals surface area contributed by atoms with Gasteiger partial charge in [-0.25, -0.2) is 0 Å². The molecule has 0 N–H and O–H groups in total. The highest BCUT2D eigenvalue weighted by Crippen LogP contribution is 2.24. The number of hydrogen-bond donors (Lipinski definition) is 0. The second kappa shape index (κ2) is 4.67. The molecule has 0 saturated carbocycles. The predicted octanol–water partition coefficient (Wildman–Crippen LogP) is 2.92. The third kappa shape index (κ3) is 1.98. The minimum atomic E-state index is 0.692. The maximum absolute atomic E-state index is 9.07. The molecule has 2 heterocycles. The number of nitriles is 1. The minimum Gasteiger partial charge on any atom is -0.340 e. The number of hydrogen-bond acceptors (Lipinski definition) is 2. The third-order valence-corrected chi connectivity index (χ3v) is 2.76. The van der Waals surface area contributed by atoms with Crippen molar-refractivity contribution in [3.05, 3.63) is 54.5 Å². The van der Waals surface area contributed by atoms with Crippen molar-refractivity contribution in [1.82, 2.24) is 9.55 Å². The Kier molecular flexibility index (Phi) is 3.06. The van der Waals surface area contributed by atoms with Gasteiger partial charge in [-0.3, -0.25) is 4.98 Å². The molecule has 2 rings (SSSR count). The zero-order valence-corrected chi connectivity index (χ0v) is 9.72. The molecule has 0 spiro atoms. The summed E-state index contributed by atoms with van der Waals surface area (Å²) in [6, 6.07) is 7.99. The topological polar surface area (TPSA) is 41.6 Å². The van der Waals surface area contributed by atoms with E-state index in [-0.39, 0.29) is 0 Å². The van der Waals surface area contributed by atoms with Crippen molar-refractivity contribution < 1.29 is 0 Å². The van der Waals surface area contributed by atoms with E-state index in [1.165, 1.54) is 0 Å². The summed E-state index contributed by atoms with van der Waals surface area (Å²) in [5, 5.41) is 9.07. The Bertz CT molecular complexity index is 574. The highest BCUT2D eigenvalue weighted by atomic mass is 15.0. The normalized spacial score (nSPS) is 9.88. The quantitative estimate of drug-likeness (QED) is 0.751. The largest absolute Gasteiger partial charge is 0.340 e. The van der Waals surface area contributed by atoms with Crippen LogP contribution >= 0.6 is 0 Å². The summed E-state index contributed by atoms with van der Waals surface area (Å²) in [6.07, 6.45) is 5.37. The lowest BCUT2D eigenvalue weighted by molar-refractivity contribution is 0.805. The van der Waals surface area contributed by atoms with E-state index in [0.717, 1.165) is 17.0 Å². The number of allylic oxidation sites excluding steroid dienone is 1. The summed E-state index contributed by atoms with van der Waals surface area (Å²) >= 11 is 0. The van der Waals surface area contributed by atoms with Crippen LogP contribution in [0.2, 0.25) is 0 Å². The number of rotatable bonds is 3. The number of nitrogens with zero attached hydrogens (tertiary/aromatic N) is 3. The average molecular weight is 223 g/mol. The van der Waals surface area contributed by atoms with Gasteiger partial charge < -0.3 is 4.57 Å². The predicted molar refractivity (Wildman–Crippen MR) is 67.3 cm³/mol. The van der Waals surface area contributed by atoms with Gasteiger partial charge in [-0.15, -0.1) is 6.58 Å². The van der Waals surface area contributed by atoms with Crippen molar-refractivity contribution in [2.24, 2.45) is 0 Å². The molecule has 0 fully saturated rings. The smallest absolute Gasteiger partial charge is 0.101 e. The molecule has 0 unspecified atom stereocenters. The highest BCUT2D eigenvalue weighted by Gasteiger charge is 2.11. The van der Waals surface area contributed by atoms with Crippen LogP contribution in [0.1, 0.15) is 11.3 Å². The number of pyridine rings is 1.